The zero-order chi connectivity index (χ0) is 16.2. The van der Waals surface area contributed by atoms with Gasteiger partial charge in [-0.3, -0.25) is 4.98 Å². The van der Waals surface area contributed by atoms with E-state index in [2.05, 4.69) is 33.8 Å². The van der Waals surface area contributed by atoms with Gasteiger partial charge in [-0.15, -0.1) is 0 Å². The van der Waals surface area contributed by atoms with E-state index in [1.165, 1.54) is 12.8 Å². The molecule has 1 saturated heterocycles. The highest BCUT2D eigenvalue weighted by Gasteiger charge is 2.13. The Kier molecular flexibility index (Phi) is 4.38. The van der Waals surface area contributed by atoms with Crippen LogP contribution in [0.5, 0.6) is 0 Å². The van der Waals surface area contributed by atoms with Crippen LogP contribution in [0.2, 0.25) is 0 Å². The standard InChI is InChI=1S/C20H22N4/c1-2-4-16(5-3-1)17-6-7-18-20(24-17)19(10-13-22-18)23-14-15-8-11-21-12-9-15/h1-7,10,13,15,21H,8-9,11-12,14H2,(H,22,23). The van der Waals surface area contributed by atoms with Crippen molar-refractivity contribution in [3.05, 3.63) is 54.7 Å². The first kappa shape index (κ1) is 15.1. The van der Waals surface area contributed by atoms with Gasteiger partial charge in [-0.05, 0) is 50.0 Å². The third-order valence-corrected chi connectivity index (χ3v) is 4.69. The van der Waals surface area contributed by atoms with Gasteiger partial charge in [0, 0.05) is 18.3 Å². The first-order chi connectivity index (χ1) is 11.9. The number of nitrogens with one attached hydrogen (secondary N) is 2. The number of aromatic nitrogens is 2. The van der Waals surface area contributed by atoms with E-state index in [1.54, 1.807) is 0 Å². The van der Waals surface area contributed by atoms with Gasteiger partial charge in [-0.2, -0.15) is 0 Å². The summed E-state index contributed by atoms with van der Waals surface area (Å²) in [7, 11) is 0. The zero-order valence-corrected chi connectivity index (χ0v) is 13.7. The van der Waals surface area contributed by atoms with E-state index >= 15 is 0 Å². The van der Waals surface area contributed by atoms with Gasteiger partial charge in [-0.25, -0.2) is 4.98 Å². The Morgan fingerprint density at radius 1 is 1.00 bits per heavy atom. The van der Waals surface area contributed by atoms with Crippen molar-refractivity contribution in [2.24, 2.45) is 5.92 Å². The molecule has 0 radical (unpaired) electrons. The molecular weight excluding hydrogens is 296 g/mol. The minimum atomic E-state index is 0.728. The maximum absolute atomic E-state index is 4.87. The van der Waals surface area contributed by atoms with Crippen LogP contribution in [0.25, 0.3) is 22.3 Å². The molecule has 122 valence electrons. The molecule has 24 heavy (non-hydrogen) atoms. The highest BCUT2D eigenvalue weighted by Crippen LogP contribution is 2.25. The van der Waals surface area contributed by atoms with Crippen LogP contribution in [-0.2, 0) is 0 Å². The third-order valence-electron chi connectivity index (χ3n) is 4.69. The fourth-order valence-corrected chi connectivity index (χ4v) is 3.28. The minimum Gasteiger partial charge on any atom is -0.383 e. The molecule has 4 heteroatoms. The molecule has 0 spiro atoms. The third kappa shape index (κ3) is 3.24. The Bertz CT molecular complexity index is 810. The molecule has 1 fully saturated rings. The number of piperidine rings is 1. The summed E-state index contributed by atoms with van der Waals surface area (Å²) in [4.78, 5) is 9.33. The maximum atomic E-state index is 4.87. The summed E-state index contributed by atoms with van der Waals surface area (Å²) in [6.07, 6.45) is 4.33. The fourth-order valence-electron chi connectivity index (χ4n) is 3.28. The quantitative estimate of drug-likeness (QED) is 0.770. The normalized spacial score (nSPS) is 15.5. The highest BCUT2D eigenvalue weighted by molar-refractivity contribution is 5.89. The number of hydrogen-bond donors (Lipinski definition) is 2. The lowest BCUT2D eigenvalue weighted by Gasteiger charge is -2.23. The predicted molar refractivity (Wildman–Crippen MR) is 99.1 cm³/mol. The van der Waals surface area contributed by atoms with Gasteiger partial charge in [0.05, 0.1) is 16.9 Å². The molecule has 0 amide bonds. The fraction of sp³-hybridized carbons (Fsp3) is 0.300. The smallest absolute Gasteiger partial charge is 0.112 e. The van der Waals surface area contributed by atoms with Gasteiger partial charge < -0.3 is 10.6 Å². The molecular formula is C20H22N4. The van der Waals surface area contributed by atoms with Crippen LogP contribution in [0, 0.1) is 5.92 Å². The second-order valence-corrected chi connectivity index (χ2v) is 6.36. The second-order valence-electron chi connectivity index (χ2n) is 6.36. The van der Waals surface area contributed by atoms with Crippen LogP contribution in [-0.4, -0.2) is 29.6 Å². The van der Waals surface area contributed by atoms with E-state index in [1.807, 2.05) is 36.5 Å². The van der Waals surface area contributed by atoms with Crippen LogP contribution in [0.3, 0.4) is 0 Å². The molecule has 4 rings (SSSR count). The lowest BCUT2D eigenvalue weighted by atomic mass is 9.98. The average molecular weight is 318 g/mol. The van der Waals surface area contributed by atoms with Crippen LogP contribution in [0.15, 0.2) is 54.7 Å². The Hall–Kier alpha value is -2.46. The maximum Gasteiger partial charge on any atom is 0.112 e. The highest BCUT2D eigenvalue weighted by atomic mass is 14.9. The topological polar surface area (TPSA) is 49.8 Å². The van der Waals surface area contributed by atoms with Crippen molar-refractivity contribution in [1.29, 1.82) is 0 Å². The van der Waals surface area contributed by atoms with E-state index < -0.39 is 0 Å². The van der Waals surface area contributed by atoms with Crippen molar-refractivity contribution < 1.29 is 0 Å². The van der Waals surface area contributed by atoms with Crippen LogP contribution in [0.1, 0.15) is 12.8 Å². The van der Waals surface area contributed by atoms with Gasteiger partial charge in [0.25, 0.3) is 0 Å². The van der Waals surface area contributed by atoms with Crippen LogP contribution in [0.4, 0.5) is 5.69 Å². The lowest BCUT2D eigenvalue weighted by molar-refractivity contribution is 0.390. The molecule has 0 saturated carbocycles. The molecule has 0 atom stereocenters. The Morgan fingerprint density at radius 3 is 2.67 bits per heavy atom. The van der Waals surface area contributed by atoms with E-state index in [0.29, 0.717) is 0 Å². The average Bonchev–Trinajstić information content (AvgIpc) is 2.67. The minimum absolute atomic E-state index is 0.728. The Morgan fingerprint density at radius 2 is 1.83 bits per heavy atom. The molecule has 0 unspecified atom stereocenters. The van der Waals surface area contributed by atoms with E-state index in [9.17, 15) is 0 Å². The van der Waals surface area contributed by atoms with Crippen molar-refractivity contribution >= 4 is 16.7 Å². The Balaban J connectivity index is 1.62. The van der Waals surface area contributed by atoms with Crippen molar-refractivity contribution in [3.8, 4) is 11.3 Å². The van der Waals surface area contributed by atoms with Gasteiger partial charge in [-0.1, -0.05) is 30.3 Å². The van der Waals surface area contributed by atoms with E-state index in [4.69, 9.17) is 4.98 Å². The molecule has 0 bridgehead atoms. The zero-order valence-electron chi connectivity index (χ0n) is 13.7. The number of pyridine rings is 2. The van der Waals surface area contributed by atoms with Gasteiger partial charge >= 0.3 is 0 Å². The molecule has 4 nitrogen and oxygen atoms in total. The molecule has 3 aromatic rings. The SMILES string of the molecule is c1ccc(-c2ccc3nccc(NCC4CCNCC4)c3n2)cc1. The van der Waals surface area contributed by atoms with Crippen molar-refractivity contribution in [1.82, 2.24) is 15.3 Å². The number of benzene rings is 1. The van der Waals surface area contributed by atoms with Gasteiger partial charge in [0.15, 0.2) is 0 Å². The van der Waals surface area contributed by atoms with E-state index in [-0.39, 0.29) is 0 Å². The molecule has 1 aliphatic heterocycles. The number of nitrogens with zero attached hydrogens (tertiary/aromatic N) is 2. The summed E-state index contributed by atoms with van der Waals surface area (Å²) < 4.78 is 0. The lowest BCUT2D eigenvalue weighted by Crippen LogP contribution is -2.31. The summed E-state index contributed by atoms with van der Waals surface area (Å²) in [5.74, 6) is 0.728. The van der Waals surface area contributed by atoms with Crippen molar-refractivity contribution in [3.63, 3.8) is 0 Å². The molecule has 2 N–H and O–H groups in total. The van der Waals surface area contributed by atoms with Crippen molar-refractivity contribution in [2.45, 2.75) is 12.8 Å². The Labute approximate surface area is 142 Å². The largest absolute Gasteiger partial charge is 0.383 e. The summed E-state index contributed by atoms with van der Waals surface area (Å²) in [5.41, 5.74) is 5.09. The summed E-state index contributed by atoms with van der Waals surface area (Å²) in [6.45, 7) is 3.25. The number of hydrogen-bond acceptors (Lipinski definition) is 4. The van der Waals surface area contributed by atoms with Gasteiger partial charge in [0.2, 0.25) is 0 Å². The van der Waals surface area contributed by atoms with E-state index in [0.717, 1.165) is 53.5 Å². The second kappa shape index (κ2) is 6.97. The summed E-state index contributed by atoms with van der Waals surface area (Å²) >= 11 is 0. The van der Waals surface area contributed by atoms with Crippen molar-refractivity contribution in [2.75, 3.05) is 25.0 Å². The molecule has 0 aliphatic carbocycles. The van der Waals surface area contributed by atoms with Crippen LogP contribution >= 0.6 is 0 Å². The monoisotopic (exact) mass is 318 g/mol. The first-order valence-electron chi connectivity index (χ1n) is 8.66. The number of rotatable bonds is 4. The predicted octanol–water partition coefficient (Wildman–Crippen LogP) is 3.71. The number of fused-ring (bicyclic) bond motifs is 1. The molecule has 2 aromatic heterocycles. The van der Waals surface area contributed by atoms with Crippen LogP contribution < -0.4 is 10.6 Å². The molecule has 1 aromatic carbocycles. The van der Waals surface area contributed by atoms with Gasteiger partial charge in [0.1, 0.15) is 5.52 Å². The number of anilines is 1. The summed E-state index contributed by atoms with van der Waals surface area (Å²) in [6, 6.07) is 16.4. The summed E-state index contributed by atoms with van der Waals surface area (Å²) in [5, 5.41) is 7.02. The molecule has 1 aliphatic rings. The molecule has 3 heterocycles. The first-order valence-corrected chi connectivity index (χ1v) is 8.66.